The first-order chi connectivity index (χ1) is 9.98. The van der Waals surface area contributed by atoms with Gasteiger partial charge in [0.25, 0.3) is 0 Å². The molecule has 0 unspecified atom stereocenters. The van der Waals surface area contributed by atoms with Crippen LogP contribution in [0.4, 0.5) is 0 Å². The Morgan fingerprint density at radius 2 is 2.29 bits per heavy atom. The highest BCUT2D eigenvalue weighted by atomic mass is 16.5. The number of ether oxygens (including phenoxy) is 2. The van der Waals surface area contributed by atoms with E-state index in [4.69, 9.17) is 9.47 Å². The molecule has 2 aromatic rings. The van der Waals surface area contributed by atoms with Gasteiger partial charge >= 0.3 is 5.97 Å². The number of hydrogen-bond donors (Lipinski definition) is 0. The third-order valence-electron chi connectivity index (χ3n) is 3.57. The van der Waals surface area contributed by atoms with E-state index in [1.807, 2.05) is 30.5 Å². The fourth-order valence-electron chi connectivity index (χ4n) is 2.56. The molecule has 0 atom stereocenters. The highest BCUT2D eigenvalue weighted by Crippen LogP contribution is 2.28. The van der Waals surface area contributed by atoms with E-state index >= 15 is 0 Å². The number of nitrogens with zero attached hydrogens (tertiary/aromatic N) is 2. The second-order valence-corrected chi connectivity index (χ2v) is 5.67. The second kappa shape index (κ2) is 5.00. The van der Waals surface area contributed by atoms with Crippen LogP contribution in [0.3, 0.4) is 0 Å². The maximum absolute atomic E-state index is 11.6. The number of rotatable bonds is 2. The van der Waals surface area contributed by atoms with Crippen molar-refractivity contribution in [2.45, 2.75) is 25.9 Å². The number of carbonyl (C=O) groups is 1. The van der Waals surface area contributed by atoms with Crippen LogP contribution in [-0.4, -0.2) is 34.7 Å². The molecule has 0 N–H and O–H groups in total. The van der Waals surface area contributed by atoms with Crippen molar-refractivity contribution in [3.63, 3.8) is 0 Å². The third-order valence-corrected chi connectivity index (χ3v) is 3.57. The minimum absolute atomic E-state index is 0.263. The lowest BCUT2D eigenvalue weighted by molar-refractivity contribution is 0.0164. The summed E-state index contributed by atoms with van der Waals surface area (Å²) in [5.74, 6) is -0.353. The van der Waals surface area contributed by atoms with Gasteiger partial charge < -0.3 is 13.9 Å². The van der Waals surface area contributed by atoms with E-state index in [2.05, 4.69) is 11.1 Å². The molecule has 0 bridgehead atoms. The minimum Gasteiger partial charge on any atom is -0.465 e. The summed E-state index contributed by atoms with van der Waals surface area (Å²) in [6.45, 7) is 4.77. The highest BCUT2D eigenvalue weighted by Gasteiger charge is 2.22. The number of fused-ring (bicyclic) bond motifs is 1. The summed E-state index contributed by atoms with van der Waals surface area (Å²) in [5, 5.41) is 0. The smallest absolute Gasteiger partial charge is 0.339 e. The van der Waals surface area contributed by atoms with Crippen LogP contribution in [0, 0.1) is 0 Å². The molecule has 5 heteroatoms. The molecule has 21 heavy (non-hydrogen) atoms. The Hall–Kier alpha value is -2.14. The van der Waals surface area contributed by atoms with E-state index in [1.54, 1.807) is 12.3 Å². The first-order valence-electron chi connectivity index (χ1n) is 6.92. The molecule has 0 fully saturated rings. The van der Waals surface area contributed by atoms with Gasteiger partial charge in [0.05, 0.1) is 30.6 Å². The molecular weight excluding hydrogens is 268 g/mol. The highest BCUT2D eigenvalue weighted by molar-refractivity contribution is 5.90. The Labute approximate surface area is 123 Å². The number of carbonyl (C=O) groups excluding carboxylic acids is 1. The van der Waals surface area contributed by atoms with Crippen LogP contribution in [0.2, 0.25) is 0 Å². The molecule has 0 amide bonds. The summed E-state index contributed by atoms with van der Waals surface area (Å²) >= 11 is 0. The maximum Gasteiger partial charge on any atom is 0.339 e. The zero-order valence-corrected chi connectivity index (χ0v) is 12.4. The Kier molecular flexibility index (Phi) is 3.29. The van der Waals surface area contributed by atoms with Gasteiger partial charge in [-0.05, 0) is 44.1 Å². The van der Waals surface area contributed by atoms with Gasteiger partial charge in [0.2, 0.25) is 0 Å². The molecule has 0 aliphatic carbocycles. The largest absolute Gasteiger partial charge is 0.465 e. The van der Waals surface area contributed by atoms with Gasteiger partial charge in [0.1, 0.15) is 5.65 Å². The quantitative estimate of drug-likeness (QED) is 0.797. The molecule has 0 saturated heterocycles. The van der Waals surface area contributed by atoms with Crippen LogP contribution >= 0.6 is 0 Å². The summed E-state index contributed by atoms with van der Waals surface area (Å²) in [6, 6.07) is 3.70. The van der Waals surface area contributed by atoms with Crippen LogP contribution < -0.4 is 0 Å². The van der Waals surface area contributed by atoms with E-state index in [1.165, 1.54) is 12.7 Å². The Balaban J connectivity index is 2.01. The van der Waals surface area contributed by atoms with Gasteiger partial charge in [-0.1, -0.05) is 0 Å². The summed E-state index contributed by atoms with van der Waals surface area (Å²) in [5.41, 5.74) is 3.07. The lowest BCUT2D eigenvalue weighted by Gasteiger charge is -2.28. The minimum atomic E-state index is -0.353. The van der Waals surface area contributed by atoms with E-state index in [0.29, 0.717) is 12.2 Å². The van der Waals surface area contributed by atoms with Crippen LogP contribution in [-0.2, 0) is 9.47 Å². The SMILES string of the molecule is COC(=O)c1cc2nc(C3=CC(C)(C)OCC3)ccn2c1. The van der Waals surface area contributed by atoms with Gasteiger partial charge in [-0.25, -0.2) is 9.78 Å². The molecule has 3 rings (SSSR count). The summed E-state index contributed by atoms with van der Waals surface area (Å²) in [6.07, 6.45) is 6.59. The third kappa shape index (κ3) is 2.69. The van der Waals surface area contributed by atoms with Crippen molar-refractivity contribution in [1.82, 2.24) is 9.38 Å². The summed E-state index contributed by atoms with van der Waals surface area (Å²) in [4.78, 5) is 16.2. The van der Waals surface area contributed by atoms with E-state index < -0.39 is 0 Å². The average Bonchev–Trinajstić information content (AvgIpc) is 2.88. The van der Waals surface area contributed by atoms with Crippen molar-refractivity contribution in [1.29, 1.82) is 0 Å². The Morgan fingerprint density at radius 3 is 3.00 bits per heavy atom. The monoisotopic (exact) mass is 286 g/mol. The van der Waals surface area contributed by atoms with Crippen molar-refractivity contribution in [2.24, 2.45) is 0 Å². The second-order valence-electron chi connectivity index (χ2n) is 5.67. The molecule has 3 heterocycles. The first kappa shape index (κ1) is 13.8. The standard InChI is InChI=1S/C16H18N2O3/c1-16(2)9-11(5-7-21-16)13-4-6-18-10-12(15(19)20-3)8-14(18)17-13/h4,6,8-10H,5,7H2,1-3H3. The number of aromatic nitrogens is 2. The van der Waals surface area contributed by atoms with E-state index in [-0.39, 0.29) is 11.6 Å². The molecule has 2 aromatic heterocycles. The lowest BCUT2D eigenvalue weighted by atomic mass is 9.97. The van der Waals surface area contributed by atoms with Crippen molar-refractivity contribution < 1.29 is 14.3 Å². The lowest BCUT2D eigenvalue weighted by Crippen LogP contribution is -2.26. The van der Waals surface area contributed by atoms with Crippen LogP contribution in [0.25, 0.3) is 11.2 Å². The number of esters is 1. The topological polar surface area (TPSA) is 52.8 Å². The van der Waals surface area contributed by atoms with E-state index in [9.17, 15) is 4.79 Å². The average molecular weight is 286 g/mol. The van der Waals surface area contributed by atoms with Crippen molar-refractivity contribution in [3.05, 3.63) is 41.9 Å². The van der Waals surface area contributed by atoms with Crippen LogP contribution in [0.15, 0.2) is 30.6 Å². The fourth-order valence-corrected chi connectivity index (χ4v) is 2.56. The zero-order chi connectivity index (χ0) is 15.0. The zero-order valence-electron chi connectivity index (χ0n) is 12.4. The molecule has 1 aliphatic rings. The van der Waals surface area contributed by atoms with Gasteiger partial charge in [0.15, 0.2) is 0 Å². The number of methoxy groups -OCH3 is 1. The molecule has 0 spiro atoms. The van der Waals surface area contributed by atoms with Crippen LogP contribution in [0.5, 0.6) is 0 Å². The van der Waals surface area contributed by atoms with Crippen LogP contribution in [0.1, 0.15) is 36.3 Å². The predicted octanol–water partition coefficient (Wildman–Crippen LogP) is 2.70. The van der Waals surface area contributed by atoms with Crippen molar-refractivity contribution in [2.75, 3.05) is 13.7 Å². The number of hydrogen-bond acceptors (Lipinski definition) is 4. The Morgan fingerprint density at radius 1 is 1.48 bits per heavy atom. The van der Waals surface area contributed by atoms with Gasteiger partial charge in [0, 0.05) is 12.4 Å². The molecular formula is C16H18N2O3. The van der Waals surface area contributed by atoms with Gasteiger partial charge in [-0.3, -0.25) is 0 Å². The molecule has 0 saturated carbocycles. The molecule has 110 valence electrons. The molecule has 1 aliphatic heterocycles. The van der Waals surface area contributed by atoms with E-state index in [0.717, 1.165) is 17.8 Å². The normalized spacial score (nSPS) is 17.6. The molecule has 5 nitrogen and oxygen atoms in total. The van der Waals surface area contributed by atoms with Gasteiger partial charge in [-0.15, -0.1) is 0 Å². The molecule has 0 aromatic carbocycles. The Bertz CT molecular complexity index is 728. The summed E-state index contributed by atoms with van der Waals surface area (Å²) in [7, 11) is 1.37. The summed E-state index contributed by atoms with van der Waals surface area (Å²) < 4.78 is 12.2. The van der Waals surface area contributed by atoms with Crippen molar-refractivity contribution in [3.8, 4) is 0 Å². The van der Waals surface area contributed by atoms with Gasteiger partial charge in [-0.2, -0.15) is 0 Å². The predicted molar refractivity (Wildman–Crippen MR) is 79.2 cm³/mol. The first-order valence-corrected chi connectivity index (χ1v) is 6.92. The van der Waals surface area contributed by atoms with Crippen molar-refractivity contribution >= 4 is 17.2 Å². The fraction of sp³-hybridized carbons (Fsp3) is 0.375. The molecule has 0 radical (unpaired) electrons. The maximum atomic E-state index is 11.6.